The maximum absolute atomic E-state index is 13.8. The van der Waals surface area contributed by atoms with Crippen molar-refractivity contribution < 1.29 is 18.7 Å². The van der Waals surface area contributed by atoms with E-state index in [0.717, 1.165) is 11.1 Å². The van der Waals surface area contributed by atoms with Gasteiger partial charge in [-0.25, -0.2) is 9.18 Å². The van der Waals surface area contributed by atoms with Gasteiger partial charge in [-0.2, -0.15) is 0 Å². The molecule has 3 aromatic rings. The summed E-state index contributed by atoms with van der Waals surface area (Å²) in [6.07, 6.45) is 0. The lowest BCUT2D eigenvalue weighted by atomic mass is 10.1. The van der Waals surface area contributed by atoms with Crippen LogP contribution >= 0.6 is 11.6 Å². The van der Waals surface area contributed by atoms with Crippen molar-refractivity contribution in [2.75, 3.05) is 13.7 Å². The lowest BCUT2D eigenvalue weighted by Gasteiger charge is -2.19. The third-order valence-electron chi connectivity index (χ3n) is 4.58. The minimum atomic E-state index is -0.592. The molecule has 3 N–H and O–H groups in total. The largest absolute Gasteiger partial charge is 0.465 e. The van der Waals surface area contributed by atoms with Crippen molar-refractivity contribution in [1.82, 2.24) is 5.32 Å². The van der Waals surface area contributed by atoms with Crippen LogP contribution < -0.4 is 15.8 Å². The normalized spacial score (nSPS) is 11.7. The van der Waals surface area contributed by atoms with Crippen molar-refractivity contribution in [1.29, 1.82) is 0 Å². The fourth-order valence-electron chi connectivity index (χ4n) is 2.96. The Hall–Kier alpha value is -2.93. The van der Waals surface area contributed by atoms with Gasteiger partial charge in [-0.15, -0.1) is 0 Å². The standard InChI is InChI=1S/C23H22ClFN2O3/c1-29-23(28)16-7-8-17(14-27-21(13-26)15-5-3-2-4-6-15)22(11-16)30-18-9-10-19(24)20(25)12-18/h2-12,21,27H,13-14,26H2,1H3. The maximum atomic E-state index is 13.8. The van der Waals surface area contributed by atoms with Crippen LogP contribution in [0.3, 0.4) is 0 Å². The van der Waals surface area contributed by atoms with Gasteiger partial charge in [0.1, 0.15) is 17.3 Å². The molecule has 1 unspecified atom stereocenters. The van der Waals surface area contributed by atoms with Crippen LogP contribution in [0.15, 0.2) is 66.7 Å². The van der Waals surface area contributed by atoms with Crippen molar-refractivity contribution in [3.05, 3.63) is 94.3 Å². The van der Waals surface area contributed by atoms with E-state index in [1.807, 2.05) is 30.3 Å². The Bertz CT molecular complexity index is 1010. The Morgan fingerprint density at radius 3 is 2.57 bits per heavy atom. The molecule has 3 aromatic carbocycles. The summed E-state index contributed by atoms with van der Waals surface area (Å²) < 4.78 is 24.5. The van der Waals surface area contributed by atoms with Crippen LogP contribution in [0.1, 0.15) is 27.5 Å². The molecule has 0 heterocycles. The van der Waals surface area contributed by atoms with Gasteiger partial charge in [-0.1, -0.05) is 48.0 Å². The smallest absolute Gasteiger partial charge is 0.337 e. The summed E-state index contributed by atoms with van der Waals surface area (Å²) in [5.74, 6) is -0.425. The van der Waals surface area contributed by atoms with Gasteiger partial charge >= 0.3 is 5.97 Å². The van der Waals surface area contributed by atoms with E-state index in [1.165, 1.54) is 19.2 Å². The van der Waals surface area contributed by atoms with Crippen molar-refractivity contribution in [2.24, 2.45) is 5.73 Å². The van der Waals surface area contributed by atoms with E-state index in [4.69, 9.17) is 26.8 Å². The third-order valence-corrected chi connectivity index (χ3v) is 4.89. The second-order valence-corrected chi connectivity index (χ2v) is 6.98. The number of rotatable bonds is 8. The predicted octanol–water partition coefficient (Wildman–Crippen LogP) is 4.85. The monoisotopic (exact) mass is 428 g/mol. The first-order chi connectivity index (χ1) is 14.5. The van der Waals surface area contributed by atoms with Crippen molar-refractivity contribution in [3.8, 4) is 11.5 Å². The highest BCUT2D eigenvalue weighted by atomic mass is 35.5. The molecule has 7 heteroatoms. The average molecular weight is 429 g/mol. The molecule has 0 aliphatic carbocycles. The summed E-state index contributed by atoms with van der Waals surface area (Å²) in [7, 11) is 1.30. The Labute approximate surface area is 179 Å². The summed E-state index contributed by atoms with van der Waals surface area (Å²) in [5, 5.41) is 3.40. The zero-order valence-electron chi connectivity index (χ0n) is 16.4. The molecule has 0 saturated carbocycles. The van der Waals surface area contributed by atoms with Crippen LogP contribution in [-0.4, -0.2) is 19.6 Å². The molecule has 1 atom stereocenters. The first-order valence-electron chi connectivity index (χ1n) is 9.34. The van der Waals surface area contributed by atoms with E-state index in [1.54, 1.807) is 24.3 Å². The number of nitrogens with two attached hydrogens (primary N) is 1. The van der Waals surface area contributed by atoms with E-state index < -0.39 is 11.8 Å². The van der Waals surface area contributed by atoms with Crippen molar-refractivity contribution >= 4 is 17.6 Å². The number of hydrogen-bond acceptors (Lipinski definition) is 5. The number of ether oxygens (including phenoxy) is 2. The van der Waals surface area contributed by atoms with Crippen LogP contribution in [0.2, 0.25) is 5.02 Å². The molecule has 0 aromatic heterocycles. The van der Waals surface area contributed by atoms with Gasteiger partial charge in [0.25, 0.3) is 0 Å². The Morgan fingerprint density at radius 1 is 1.13 bits per heavy atom. The zero-order chi connectivity index (χ0) is 21.5. The molecule has 0 amide bonds. The molecule has 0 radical (unpaired) electrons. The van der Waals surface area contributed by atoms with Crippen molar-refractivity contribution in [3.63, 3.8) is 0 Å². The first-order valence-corrected chi connectivity index (χ1v) is 9.72. The molecule has 30 heavy (non-hydrogen) atoms. The Morgan fingerprint density at radius 2 is 1.90 bits per heavy atom. The van der Waals surface area contributed by atoms with Gasteiger partial charge in [-0.05, 0) is 29.8 Å². The van der Waals surface area contributed by atoms with Crippen LogP contribution in [0.25, 0.3) is 0 Å². The highest BCUT2D eigenvalue weighted by Crippen LogP contribution is 2.30. The van der Waals surface area contributed by atoms with E-state index in [0.29, 0.717) is 24.4 Å². The molecular weight excluding hydrogens is 407 g/mol. The summed E-state index contributed by atoms with van der Waals surface area (Å²) in [4.78, 5) is 11.9. The minimum absolute atomic E-state index is 0.00111. The number of halogens is 2. The number of hydrogen-bond donors (Lipinski definition) is 2. The molecule has 0 fully saturated rings. The average Bonchev–Trinajstić information content (AvgIpc) is 2.77. The third kappa shape index (κ3) is 5.36. The molecule has 0 aliphatic heterocycles. The number of carbonyl (C=O) groups excluding carboxylic acids is 1. The quantitative estimate of drug-likeness (QED) is 0.502. The fraction of sp³-hybridized carbons (Fsp3) is 0.174. The number of methoxy groups -OCH3 is 1. The molecule has 3 rings (SSSR count). The lowest BCUT2D eigenvalue weighted by Crippen LogP contribution is -2.28. The van der Waals surface area contributed by atoms with E-state index in [9.17, 15) is 9.18 Å². The van der Waals surface area contributed by atoms with Gasteiger partial charge in [0.05, 0.1) is 17.7 Å². The molecule has 0 saturated heterocycles. The van der Waals surface area contributed by atoms with Crippen LogP contribution in [0.5, 0.6) is 11.5 Å². The number of benzene rings is 3. The molecule has 0 bridgehead atoms. The van der Waals surface area contributed by atoms with Gasteiger partial charge in [0, 0.05) is 30.8 Å². The zero-order valence-corrected chi connectivity index (χ0v) is 17.2. The van der Waals surface area contributed by atoms with E-state index >= 15 is 0 Å². The number of nitrogens with one attached hydrogen (secondary N) is 1. The van der Waals surface area contributed by atoms with Crippen LogP contribution in [0.4, 0.5) is 4.39 Å². The second-order valence-electron chi connectivity index (χ2n) is 6.57. The van der Waals surface area contributed by atoms with Crippen LogP contribution in [-0.2, 0) is 11.3 Å². The Kier molecular flexibility index (Phi) is 7.41. The number of carbonyl (C=O) groups is 1. The van der Waals surface area contributed by atoms with Gasteiger partial charge in [0.2, 0.25) is 0 Å². The summed E-state index contributed by atoms with van der Waals surface area (Å²) in [6.45, 7) is 0.826. The molecule has 0 aliphatic rings. The molecule has 156 valence electrons. The summed E-state index contributed by atoms with van der Waals surface area (Å²) in [6, 6.07) is 18.9. The maximum Gasteiger partial charge on any atom is 0.337 e. The predicted molar refractivity (Wildman–Crippen MR) is 114 cm³/mol. The van der Waals surface area contributed by atoms with Gasteiger partial charge in [-0.3, -0.25) is 0 Å². The highest BCUT2D eigenvalue weighted by molar-refractivity contribution is 6.30. The molecule has 0 spiro atoms. The van der Waals surface area contributed by atoms with Gasteiger partial charge < -0.3 is 20.5 Å². The van der Waals surface area contributed by atoms with Crippen molar-refractivity contribution in [2.45, 2.75) is 12.6 Å². The molecule has 5 nitrogen and oxygen atoms in total. The SMILES string of the molecule is COC(=O)c1ccc(CNC(CN)c2ccccc2)c(Oc2ccc(Cl)c(F)c2)c1. The summed E-state index contributed by atoms with van der Waals surface area (Å²) >= 11 is 5.75. The van der Waals surface area contributed by atoms with Crippen LogP contribution in [0, 0.1) is 5.82 Å². The number of esters is 1. The second kappa shape index (κ2) is 10.2. The van der Waals surface area contributed by atoms with E-state index in [-0.39, 0.29) is 16.8 Å². The topological polar surface area (TPSA) is 73.6 Å². The fourth-order valence-corrected chi connectivity index (χ4v) is 3.08. The highest BCUT2D eigenvalue weighted by Gasteiger charge is 2.15. The minimum Gasteiger partial charge on any atom is -0.465 e. The van der Waals surface area contributed by atoms with E-state index in [2.05, 4.69) is 5.32 Å². The van der Waals surface area contributed by atoms with Gasteiger partial charge in [0.15, 0.2) is 0 Å². The summed E-state index contributed by atoms with van der Waals surface area (Å²) in [5.41, 5.74) is 8.09. The Balaban J connectivity index is 1.86. The molecular formula is C23H22ClFN2O3. The first kappa shape index (κ1) is 21.8. The lowest BCUT2D eigenvalue weighted by molar-refractivity contribution is 0.0600.